The van der Waals surface area contributed by atoms with Crippen LogP contribution < -0.4 is 11.3 Å². The average molecular weight is 255 g/mol. The van der Waals surface area contributed by atoms with Gasteiger partial charge in [-0.15, -0.1) is 0 Å². The van der Waals surface area contributed by atoms with Crippen molar-refractivity contribution in [1.29, 1.82) is 0 Å². The summed E-state index contributed by atoms with van der Waals surface area (Å²) in [7, 11) is 0. The highest BCUT2D eigenvalue weighted by Gasteiger charge is 2.23. The molecular weight excluding hydrogens is 234 g/mol. The van der Waals surface area contributed by atoms with Crippen molar-refractivity contribution in [3.05, 3.63) is 41.6 Å². The molecule has 0 saturated heterocycles. The smallest absolute Gasteiger partial charge is 0.0708 e. The Morgan fingerprint density at radius 3 is 2.84 bits per heavy atom. The zero-order chi connectivity index (χ0) is 13.2. The number of nitrogens with one attached hydrogen (secondary N) is 1. The summed E-state index contributed by atoms with van der Waals surface area (Å²) in [5.74, 6) is 6.55. The van der Waals surface area contributed by atoms with Gasteiger partial charge in [-0.2, -0.15) is 0 Å². The predicted octanol–water partition coefficient (Wildman–Crippen LogP) is 3.24. The number of benzene rings is 1. The maximum Gasteiger partial charge on any atom is 0.0708 e. The Morgan fingerprint density at radius 1 is 1.37 bits per heavy atom. The summed E-state index contributed by atoms with van der Waals surface area (Å²) in [6, 6.07) is 10.6. The molecule has 1 aromatic carbocycles. The third-order valence-corrected chi connectivity index (χ3v) is 4.29. The van der Waals surface area contributed by atoms with E-state index < -0.39 is 0 Å². The minimum atomic E-state index is 0.175. The second-order valence-electron chi connectivity index (χ2n) is 5.63. The Balaban J connectivity index is 1.93. The van der Waals surface area contributed by atoms with Crippen molar-refractivity contribution in [2.75, 3.05) is 0 Å². The van der Waals surface area contributed by atoms with Gasteiger partial charge >= 0.3 is 0 Å². The number of aromatic nitrogens is 1. The molecule has 1 saturated carbocycles. The van der Waals surface area contributed by atoms with Crippen LogP contribution in [-0.2, 0) is 0 Å². The van der Waals surface area contributed by atoms with Gasteiger partial charge in [0.1, 0.15) is 0 Å². The summed E-state index contributed by atoms with van der Waals surface area (Å²) >= 11 is 0. The molecule has 0 spiro atoms. The fourth-order valence-electron chi connectivity index (χ4n) is 2.89. The van der Waals surface area contributed by atoms with Gasteiger partial charge in [-0.3, -0.25) is 16.3 Å². The molecule has 0 amide bonds. The molecule has 2 aromatic rings. The molecule has 0 bridgehead atoms. The van der Waals surface area contributed by atoms with Gasteiger partial charge in [-0.05, 0) is 37.0 Å². The molecule has 0 radical (unpaired) electrons. The molecule has 1 fully saturated rings. The van der Waals surface area contributed by atoms with Crippen molar-refractivity contribution in [3.63, 3.8) is 0 Å². The van der Waals surface area contributed by atoms with Crippen LogP contribution in [0.3, 0.4) is 0 Å². The summed E-state index contributed by atoms with van der Waals surface area (Å²) in [6.07, 6.45) is 5.14. The first-order valence-corrected chi connectivity index (χ1v) is 7.10. The number of fused-ring (bicyclic) bond motifs is 1. The average Bonchev–Trinajstić information content (AvgIpc) is 2.38. The zero-order valence-corrected chi connectivity index (χ0v) is 11.4. The Hall–Kier alpha value is -1.45. The topological polar surface area (TPSA) is 50.9 Å². The molecule has 1 aromatic heterocycles. The molecule has 1 aliphatic carbocycles. The number of rotatable bonds is 4. The predicted molar refractivity (Wildman–Crippen MR) is 78.5 cm³/mol. The maximum absolute atomic E-state index is 5.74. The molecule has 1 atom stereocenters. The summed E-state index contributed by atoms with van der Waals surface area (Å²) in [5.41, 5.74) is 6.36. The molecule has 3 N–H and O–H groups in total. The van der Waals surface area contributed by atoms with Gasteiger partial charge < -0.3 is 0 Å². The van der Waals surface area contributed by atoms with Crippen molar-refractivity contribution in [3.8, 4) is 0 Å². The van der Waals surface area contributed by atoms with Gasteiger partial charge in [0.05, 0.1) is 17.3 Å². The van der Waals surface area contributed by atoms with E-state index in [9.17, 15) is 0 Å². The zero-order valence-electron chi connectivity index (χ0n) is 11.4. The molecule has 19 heavy (non-hydrogen) atoms. The molecule has 3 heteroatoms. The number of hydrogen-bond acceptors (Lipinski definition) is 3. The first-order chi connectivity index (χ1) is 9.28. The molecule has 100 valence electrons. The maximum atomic E-state index is 5.74. The number of hydrazine groups is 1. The van der Waals surface area contributed by atoms with Crippen LogP contribution in [0.15, 0.2) is 30.3 Å². The van der Waals surface area contributed by atoms with E-state index in [-0.39, 0.29) is 6.04 Å². The summed E-state index contributed by atoms with van der Waals surface area (Å²) in [6.45, 7) is 2.14. The fourth-order valence-corrected chi connectivity index (χ4v) is 2.89. The number of hydrogen-bond donors (Lipinski definition) is 2. The van der Waals surface area contributed by atoms with Crippen molar-refractivity contribution >= 4 is 10.9 Å². The van der Waals surface area contributed by atoms with E-state index in [1.54, 1.807) is 0 Å². The minimum Gasteiger partial charge on any atom is -0.271 e. The third kappa shape index (κ3) is 2.48. The number of para-hydroxylation sites is 1. The van der Waals surface area contributed by atoms with Gasteiger partial charge in [-0.25, -0.2) is 0 Å². The van der Waals surface area contributed by atoms with Crippen LogP contribution in [0.4, 0.5) is 0 Å². The lowest BCUT2D eigenvalue weighted by Gasteiger charge is -2.29. The molecule has 3 rings (SSSR count). The van der Waals surface area contributed by atoms with Crippen LogP contribution in [0, 0.1) is 12.8 Å². The molecular formula is C16H21N3. The molecule has 1 aliphatic rings. The van der Waals surface area contributed by atoms with E-state index in [4.69, 9.17) is 10.8 Å². The third-order valence-electron chi connectivity index (χ3n) is 4.29. The van der Waals surface area contributed by atoms with Crippen LogP contribution in [0.5, 0.6) is 0 Å². The SMILES string of the molecule is Cc1cc(C(CC2CCC2)NN)nc2ccccc12. The molecule has 0 aliphatic heterocycles. The summed E-state index contributed by atoms with van der Waals surface area (Å²) in [5, 5.41) is 1.23. The minimum absolute atomic E-state index is 0.175. The summed E-state index contributed by atoms with van der Waals surface area (Å²) < 4.78 is 0. The van der Waals surface area contributed by atoms with E-state index in [0.717, 1.165) is 23.5 Å². The lowest BCUT2D eigenvalue weighted by Crippen LogP contribution is -2.31. The number of pyridine rings is 1. The van der Waals surface area contributed by atoms with E-state index in [2.05, 4.69) is 36.6 Å². The van der Waals surface area contributed by atoms with Crippen molar-refractivity contribution in [1.82, 2.24) is 10.4 Å². The monoisotopic (exact) mass is 255 g/mol. The molecule has 3 nitrogen and oxygen atoms in total. The highest BCUT2D eigenvalue weighted by molar-refractivity contribution is 5.82. The second kappa shape index (κ2) is 5.27. The quantitative estimate of drug-likeness (QED) is 0.651. The first kappa shape index (κ1) is 12.6. The Morgan fingerprint density at radius 2 is 2.16 bits per heavy atom. The van der Waals surface area contributed by atoms with E-state index in [0.29, 0.717) is 0 Å². The largest absolute Gasteiger partial charge is 0.271 e. The van der Waals surface area contributed by atoms with E-state index in [1.807, 2.05) is 6.07 Å². The van der Waals surface area contributed by atoms with Crippen molar-refractivity contribution in [2.45, 2.75) is 38.6 Å². The second-order valence-corrected chi connectivity index (χ2v) is 5.63. The van der Waals surface area contributed by atoms with Crippen LogP contribution in [0.2, 0.25) is 0 Å². The van der Waals surface area contributed by atoms with Crippen LogP contribution in [0.25, 0.3) is 10.9 Å². The lowest BCUT2D eigenvalue weighted by atomic mass is 9.80. The van der Waals surface area contributed by atoms with Crippen molar-refractivity contribution < 1.29 is 0 Å². The van der Waals surface area contributed by atoms with E-state index >= 15 is 0 Å². The van der Waals surface area contributed by atoms with Crippen molar-refractivity contribution in [2.24, 2.45) is 11.8 Å². The van der Waals surface area contributed by atoms with Crippen LogP contribution >= 0.6 is 0 Å². The van der Waals surface area contributed by atoms with Gasteiger partial charge in [-0.1, -0.05) is 37.5 Å². The molecule has 1 unspecified atom stereocenters. The van der Waals surface area contributed by atoms with Gasteiger partial charge in [0.2, 0.25) is 0 Å². The van der Waals surface area contributed by atoms with Gasteiger partial charge in [0.15, 0.2) is 0 Å². The highest BCUT2D eigenvalue weighted by atomic mass is 15.2. The van der Waals surface area contributed by atoms with Crippen LogP contribution in [0.1, 0.15) is 43.0 Å². The molecule has 1 heterocycles. The Bertz CT molecular complexity index is 575. The van der Waals surface area contributed by atoms with Gasteiger partial charge in [0.25, 0.3) is 0 Å². The number of nitrogens with two attached hydrogens (primary N) is 1. The lowest BCUT2D eigenvalue weighted by molar-refractivity contribution is 0.260. The standard InChI is InChI=1S/C16H21N3/c1-11-9-15(16(19-17)10-12-5-4-6-12)18-14-8-3-2-7-13(11)14/h2-3,7-9,12,16,19H,4-6,10,17H2,1H3. The van der Waals surface area contributed by atoms with E-state index in [1.165, 1.54) is 30.2 Å². The number of nitrogens with zero attached hydrogens (tertiary/aromatic N) is 1. The Kier molecular flexibility index (Phi) is 3.49. The fraction of sp³-hybridized carbons (Fsp3) is 0.438. The highest BCUT2D eigenvalue weighted by Crippen LogP contribution is 2.34. The first-order valence-electron chi connectivity index (χ1n) is 7.10. The normalized spacial score (nSPS) is 17.4. The van der Waals surface area contributed by atoms with Gasteiger partial charge in [0, 0.05) is 5.39 Å². The summed E-state index contributed by atoms with van der Waals surface area (Å²) in [4.78, 5) is 4.78. The Labute approximate surface area is 114 Å². The number of aryl methyl sites for hydroxylation is 1. The van der Waals surface area contributed by atoms with Crippen LogP contribution in [-0.4, -0.2) is 4.98 Å².